The minimum atomic E-state index is -2.92. The van der Waals surface area contributed by atoms with Gasteiger partial charge in [-0.1, -0.05) is 24.6 Å². The lowest BCUT2D eigenvalue weighted by atomic mass is 10.0. The number of hydrogen-bond acceptors (Lipinski definition) is 4. The molecule has 1 aromatic carbocycles. The summed E-state index contributed by atoms with van der Waals surface area (Å²) in [7, 11) is -2.92. The Balaban J connectivity index is 2.66. The first-order valence-corrected chi connectivity index (χ1v) is 9.00. The summed E-state index contributed by atoms with van der Waals surface area (Å²) in [5.41, 5.74) is 3.69. The van der Waals surface area contributed by atoms with Gasteiger partial charge in [-0.3, -0.25) is 11.3 Å². The summed E-state index contributed by atoms with van der Waals surface area (Å²) in [6.07, 6.45) is 1.23. The van der Waals surface area contributed by atoms with Crippen molar-refractivity contribution in [2.45, 2.75) is 25.8 Å². The molecule has 0 aliphatic rings. The third-order valence-corrected chi connectivity index (χ3v) is 5.94. The van der Waals surface area contributed by atoms with Gasteiger partial charge in [-0.25, -0.2) is 8.42 Å². The molecule has 0 bridgehead atoms. The van der Waals surface area contributed by atoms with Gasteiger partial charge in [0.2, 0.25) is 0 Å². The second-order valence-electron chi connectivity index (χ2n) is 4.27. The molecule has 1 rings (SSSR count). The number of nitrogens with two attached hydrogens (primary N) is 1. The molecule has 0 spiro atoms. The van der Waals surface area contributed by atoms with Crippen molar-refractivity contribution in [2.75, 3.05) is 11.5 Å². The molecule has 19 heavy (non-hydrogen) atoms. The van der Waals surface area contributed by atoms with Crippen LogP contribution in [0.25, 0.3) is 0 Å². The Labute approximate surface area is 127 Å². The minimum absolute atomic E-state index is 0.0828. The molecule has 0 saturated heterocycles. The van der Waals surface area contributed by atoms with Gasteiger partial charge in [0.1, 0.15) is 9.84 Å². The van der Waals surface area contributed by atoms with Crippen LogP contribution in [0.15, 0.2) is 22.7 Å². The van der Waals surface area contributed by atoms with Gasteiger partial charge in [-0.15, -0.1) is 0 Å². The molecule has 4 nitrogen and oxygen atoms in total. The van der Waals surface area contributed by atoms with Gasteiger partial charge in [-0.2, -0.15) is 0 Å². The molecule has 1 aromatic rings. The van der Waals surface area contributed by atoms with Crippen molar-refractivity contribution < 1.29 is 8.42 Å². The van der Waals surface area contributed by atoms with Crippen molar-refractivity contribution in [1.29, 1.82) is 0 Å². The van der Waals surface area contributed by atoms with Crippen LogP contribution in [0.3, 0.4) is 0 Å². The standard InChI is InChI=1S/C12H18BrClN2O2S/c1-2-19(17,18)7-3-4-12(16-15)9-5-6-11(14)10(13)8-9/h5-6,8,12,16H,2-4,7,15H2,1H3. The molecule has 3 N–H and O–H groups in total. The number of rotatable bonds is 7. The lowest BCUT2D eigenvalue weighted by Crippen LogP contribution is -2.28. The fraction of sp³-hybridized carbons (Fsp3) is 0.500. The Hall–Kier alpha value is -0.140. The van der Waals surface area contributed by atoms with Crippen molar-refractivity contribution in [2.24, 2.45) is 5.84 Å². The highest BCUT2D eigenvalue weighted by Gasteiger charge is 2.13. The number of hydrazine groups is 1. The van der Waals surface area contributed by atoms with Crippen LogP contribution in [0.5, 0.6) is 0 Å². The topological polar surface area (TPSA) is 72.2 Å². The van der Waals surface area contributed by atoms with E-state index in [0.717, 1.165) is 10.0 Å². The van der Waals surface area contributed by atoms with Gasteiger partial charge in [0, 0.05) is 16.3 Å². The largest absolute Gasteiger partial charge is 0.271 e. The highest BCUT2D eigenvalue weighted by molar-refractivity contribution is 9.10. The second-order valence-corrected chi connectivity index (χ2v) is 8.01. The van der Waals surface area contributed by atoms with Gasteiger partial charge in [0.05, 0.1) is 10.8 Å². The summed E-state index contributed by atoms with van der Waals surface area (Å²) >= 11 is 9.29. The maximum atomic E-state index is 11.4. The van der Waals surface area contributed by atoms with Crippen molar-refractivity contribution in [3.63, 3.8) is 0 Å². The van der Waals surface area contributed by atoms with E-state index in [1.807, 2.05) is 12.1 Å². The Morgan fingerprint density at radius 2 is 2.16 bits per heavy atom. The minimum Gasteiger partial charge on any atom is -0.271 e. The van der Waals surface area contributed by atoms with E-state index < -0.39 is 9.84 Å². The molecule has 0 saturated carbocycles. The van der Waals surface area contributed by atoms with Crippen LogP contribution in [-0.4, -0.2) is 19.9 Å². The fourth-order valence-electron chi connectivity index (χ4n) is 1.73. The van der Waals surface area contributed by atoms with Crippen LogP contribution in [-0.2, 0) is 9.84 Å². The molecule has 1 atom stereocenters. The Kier molecular flexibility index (Phi) is 6.76. The molecular weight excluding hydrogens is 352 g/mol. The average Bonchev–Trinajstić information content (AvgIpc) is 2.38. The average molecular weight is 370 g/mol. The predicted molar refractivity (Wildman–Crippen MR) is 82.8 cm³/mol. The Morgan fingerprint density at radius 1 is 1.47 bits per heavy atom. The van der Waals surface area contributed by atoms with Crippen LogP contribution in [0.2, 0.25) is 5.02 Å². The van der Waals surface area contributed by atoms with Crippen molar-refractivity contribution >= 4 is 37.4 Å². The zero-order valence-electron chi connectivity index (χ0n) is 10.7. The summed E-state index contributed by atoms with van der Waals surface area (Å²) in [4.78, 5) is 0. The molecule has 7 heteroatoms. The molecule has 0 aliphatic carbocycles. The molecule has 0 aromatic heterocycles. The first-order chi connectivity index (χ1) is 8.89. The number of benzene rings is 1. The van der Waals surface area contributed by atoms with Gasteiger partial charge in [0.25, 0.3) is 0 Å². The first-order valence-electron chi connectivity index (χ1n) is 6.01. The van der Waals surface area contributed by atoms with Crippen LogP contribution >= 0.6 is 27.5 Å². The number of sulfone groups is 1. The summed E-state index contributed by atoms with van der Waals surface area (Å²) in [5.74, 6) is 5.90. The Morgan fingerprint density at radius 3 is 2.68 bits per heavy atom. The van der Waals surface area contributed by atoms with E-state index in [1.165, 1.54) is 0 Å². The van der Waals surface area contributed by atoms with E-state index in [0.29, 0.717) is 17.9 Å². The highest BCUT2D eigenvalue weighted by atomic mass is 79.9. The van der Waals surface area contributed by atoms with E-state index in [1.54, 1.807) is 13.0 Å². The maximum absolute atomic E-state index is 11.4. The lowest BCUT2D eigenvalue weighted by Gasteiger charge is -2.16. The van der Waals surface area contributed by atoms with Gasteiger partial charge < -0.3 is 0 Å². The van der Waals surface area contributed by atoms with Crippen LogP contribution in [0.1, 0.15) is 31.4 Å². The van der Waals surface area contributed by atoms with Crippen LogP contribution in [0, 0.1) is 0 Å². The number of halogens is 2. The summed E-state index contributed by atoms with van der Waals surface area (Å²) < 4.78 is 23.7. The highest BCUT2D eigenvalue weighted by Crippen LogP contribution is 2.27. The predicted octanol–water partition coefficient (Wildman–Crippen LogP) is 2.82. The van der Waals surface area contributed by atoms with Crippen LogP contribution < -0.4 is 11.3 Å². The number of nitrogens with one attached hydrogen (secondary N) is 1. The van der Waals surface area contributed by atoms with E-state index in [2.05, 4.69) is 21.4 Å². The first kappa shape index (κ1) is 16.9. The third kappa shape index (κ3) is 5.39. The summed E-state index contributed by atoms with van der Waals surface area (Å²) in [5, 5.41) is 0.632. The maximum Gasteiger partial charge on any atom is 0.150 e. The third-order valence-electron chi connectivity index (χ3n) is 2.94. The van der Waals surface area contributed by atoms with E-state index in [4.69, 9.17) is 17.4 Å². The SMILES string of the molecule is CCS(=O)(=O)CCCC(NN)c1ccc(Cl)c(Br)c1. The van der Waals surface area contributed by atoms with E-state index in [9.17, 15) is 8.42 Å². The Bertz CT molecular complexity index is 522. The molecular formula is C12H18BrClN2O2S. The zero-order chi connectivity index (χ0) is 14.5. The molecule has 0 aliphatic heterocycles. The molecule has 1 unspecified atom stereocenters. The zero-order valence-corrected chi connectivity index (χ0v) is 13.9. The van der Waals surface area contributed by atoms with Gasteiger partial charge in [-0.05, 0) is 46.5 Å². The number of hydrogen-bond donors (Lipinski definition) is 2. The van der Waals surface area contributed by atoms with Crippen molar-refractivity contribution in [3.05, 3.63) is 33.3 Å². The molecule has 0 fully saturated rings. The quantitative estimate of drug-likeness (QED) is 0.572. The normalized spacial score (nSPS) is 13.5. The van der Waals surface area contributed by atoms with E-state index in [-0.39, 0.29) is 17.5 Å². The summed E-state index contributed by atoms with van der Waals surface area (Å²) in [6, 6.07) is 5.47. The summed E-state index contributed by atoms with van der Waals surface area (Å²) in [6.45, 7) is 1.66. The molecule has 108 valence electrons. The molecule has 0 radical (unpaired) electrons. The van der Waals surface area contributed by atoms with Gasteiger partial charge >= 0.3 is 0 Å². The van der Waals surface area contributed by atoms with Crippen molar-refractivity contribution in [3.8, 4) is 0 Å². The van der Waals surface area contributed by atoms with Gasteiger partial charge in [0.15, 0.2) is 0 Å². The lowest BCUT2D eigenvalue weighted by molar-refractivity contribution is 0.507. The van der Waals surface area contributed by atoms with Crippen LogP contribution in [0.4, 0.5) is 0 Å². The van der Waals surface area contributed by atoms with Crippen molar-refractivity contribution in [1.82, 2.24) is 5.43 Å². The monoisotopic (exact) mass is 368 g/mol. The smallest absolute Gasteiger partial charge is 0.150 e. The second kappa shape index (κ2) is 7.59. The molecule has 0 amide bonds. The van der Waals surface area contributed by atoms with E-state index >= 15 is 0 Å². The molecule has 0 heterocycles. The fourth-order valence-corrected chi connectivity index (χ4v) is 3.14.